The van der Waals surface area contributed by atoms with Gasteiger partial charge in [0.15, 0.2) is 0 Å². The van der Waals surface area contributed by atoms with Gasteiger partial charge in [-0.05, 0) is 7.05 Å². The molecule has 1 saturated heterocycles. The minimum atomic E-state index is -0.141. The molecule has 0 aromatic heterocycles. The highest BCUT2D eigenvalue weighted by Gasteiger charge is 2.23. The Morgan fingerprint density at radius 3 is 2.89 bits per heavy atom. The van der Waals surface area contributed by atoms with E-state index in [2.05, 4.69) is 10.6 Å². The van der Waals surface area contributed by atoms with E-state index in [4.69, 9.17) is 0 Å². The summed E-state index contributed by atoms with van der Waals surface area (Å²) in [6, 6.07) is 0. The van der Waals surface area contributed by atoms with Crippen molar-refractivity contribution in [3.05, 3.63) is 0 Å². The molecule has 1 fully saturated rings. The van der Waals surface area contributed by atoms with Crippen molar-refractivity contribution < 1.29 is 5.11 Å². The number of hydrogen-bond donors (Lipinski definition) is 3. The number of hydrogen-bond acceptors (Lipinski definition) is 3. The molecule has 1 aliphatic rings. The molecule has 3 heteroatoms. The molecule has 0 amide bonds. The van der Waals surface area contributed by atoms with Crippen LogP contribution in [0.5, 0.6) is 0 Å². The van der Waals surface area contributed by atoms with Crippen LogP contribution in [0.4, 0.5) is 0 Å². The quantitative estimate of drug-likeness (QED) is 0.439. The Bertz CT molecular complexity index is 87.1. The van der Waals surface area contributed by atoms with Crippen molar-refractivity contribution in [3.63, 3.8) is 0 Å². The third-order valence-electron chi connectivity index (χ3n) is 1.77. The van der Waals surface area contributed by atoms with Crippen molar-refractivity contribution in [2.45, 2.75) is 6.10 Å². The van der Waals surface area contributed by atoms with Gasteiger partial charge in [-0.2, -0.15) is 0 Å². The van der Waals surface area contributed by atoms with E-state index in [1.165, 1.54) is 0 Å². The Hall–Kier alpha value is -0.120. The molecule has 0 radical (unpaired) electrons. The lowest BCUT2D eigenvalue weighted by atomic mass is 10.1. The second-order valence-electron chi connectivity index (χ2n) is 2.54. The third-order valence-corrected chi connectivity index (χ3v) is 1.77. The van der Waals surface area contributed by atoms with Gasteiger partial charge in [-0.25, -0.2) is 0 Å². The molecule has 3 N–H and O–H groups in total. The van der Waals surface area contributed by atoms with Crippen LogP contribution in [0, 0.1) is 5.92 Å². The van der Waals surface area contributed by atoms with Crippen molar-refractivity contribution in [3.8, 4) is 0 Å². The van der Waals surface area contributed by atoms with Crippen LogP contribution in [-0.4, -0.2) is 37.9 Å². The van der Waals surface area contributed by atoms with Gasteiger partial charge in [-0.15, -0.1) is 0 Å². The van der Waals surface area contributed by atoms with Crippen molar-refractivity contribution in [1.82, 2.24) is 10.6 Å². The largest absolute Gasteiger partial charge is 0.391 e. The lowest BCUT2D eigenvalue weighted by Crippen LogP contribution is -2.28. The molecular weight excluding hydrogens is 116 g/mol. The molecule has 54 valence electrons. The summed E-state index contributed by atoms with van der Waals surface area (Å²) < 4.78 is 0. The predicted molar refractivity (Wildman–Crippen MR) is 36.3 cm³/mol. The summed E-state index contributed by atoms with van der Waals surface area (Å²) in [6.45, 7) is 2.61. The lowest BCUT2D eigenvalue weighted by Gasteiger charge is -2.10. The molecule has 1 aliphatic heterocycles. The molecule has 0 aliphatic carbocycles. The summed E-state index contributed by atoms with van der Waals surface area (Å²) in [4.78, 5) is 0. The summed E-state index contributed by atoms with van der Waals surface area (Å²) in [6.07, 6.45) is -0.141. The van der Waals surface area contributed by atoms with E-state index in [9.17, 15) is 5.11 Å². The summed E-state index contributed by atoms with van der Waals surface area (Å²) >= 11 is 0. The average molecular weight is 130 g/mol. The number of rotatable bonds is 2. The van der Waals surface area contributed by atoms with E-state index in [0.717, 1.165) is 19.6 Å². The number of aliphatic hydroxyl groups is 1. The van der Waals surface area contributed by atoms with Gasteiger partial charge in [0.1, 0.15) is 0 Å². The summed E-state index contributed by atoms with van der Waals surface area (Å²) in [5.41, 5.74) is 0. The zero-order chi connectivity index (χ0) is 6.69. The Kier molecular flexibility index (Phi) is 2.45. The monoisotopic (exact) mass is 130 g/mol. The first kappa shape index (κ1) is 6.99. The van der Waals surface area contributed by atoms with Crippen molar-refractivity contribution in [1.29, 1.82) is 0 Å². The number of β-amino-alcohol motifs (C(OH)–C–C–N with tert-alkyl or cyclic N) is 1. The van der Waals surface area contributed by atoms with E-state index < -0.39 is 0 Å². The van der Waals surface area contributed by atoms with Crippen LogP contribution >= 0.6 is 0 Å². The SMILES string of the molecule is CNC[C@@H]1CNC[C@@H]1O. The van der Waals surface area contributed by atoms with Crippen LogP contribution in [0.25, 0.3) is 0 Å². The minimum Gasteiger partial charge on any atom is -0.391 e. The standard InChI is InChI=1S/C6H14N2O/c1-7-2-5-3-8-4-6(5)9/h5-9H,2-4H2,1H3/t5-,6+/m1/s1. The maximum atomic E-state index is 9.22. The van der Waals surface area contributed by atoms with Crippen molar-refractivity contribution in [2.24, 2.45) is 5.92 Å². The van der Waals surface area contributed by atoms with Crippen LogP contribution < -0.4 is 10.6 Å². The minimum absolute atomic E-state index is 0.141. The molecular formula is C6H14N2O. The van der Waals surface area contributed by atoms with E-state index in [0.29, 0.717) is 5.92 Å². The van der Waals surface area contributed by atoms with Crippen LogP contribution in [0.2, 0.25) is 0 Å². The Morgan fingerprint density at radius 2 is 2.44 bits per heavy atom. The average Bonchev–Trinajstić information content (AvgIpc) is 2.18. The molecule has 0 saturated carbocycles. The van der Waals surface area contributed by atoms with Crippen LogP contribution in [0.1, 0.15) is 0 Å². The molecule has 1 heterocycles. The van der Waals surface area contributed by atoms with Crippen LogP contribution in [0.15, 0.2) is 0 Å². The Morgan fingerprint density at radius 1 is 1.67 bits per heavy atom. The maximum absolute atomic E-state index is 9.22. The maximum Gasteiger partial charge on any atom is 0.0716 e. The molecule has 0 unspecified atom stereocenters. The molecule has 0 spiro atoms. The first-order chi connectivity index (χ1) is 4.34. The highest BCUT2D eigenvalue weighted by Crippen LogP contribution is 2.05. The van der Waals surface area contributed by atoms with Gasteiger partial charge in [0.05, 0.1) is 6.10 Å². The van der Waals surface area contributed by atoms with E-state index in [1.54, 1.807) is 0 Å². The summed E-state index contributed by atoms with van der Waals surface area (Å²) in [5, 5.41) is 15.4. The smallest absolute Gasteiger partial charge is 0.0716 e. The van der Waals surface area contributed by atoms with Gasteiger partial charge < -0.3 is 15.7 Å². The normalized spacial score (nSPS) is 35.3. The summed E-state index contributed by atoms with van der Waals surface area (Å²) in [7, 11) is 1.91. The van der Waals surface area contributed by atoms with Crippen LogP contribution in [0.3, 0.4) is 0 Å². The van der Waals surface area contributed by atoms with E-state index in [1.807, 2.05) is 7.05 Å². The fourth-order valence-electron chi connectivity index (χ4n) is 1.19. The topological polar surface area (TPSA) is 44.3 Å². The first-order valence-corrected chi connectivity index (χ1v) is 3.38. The molecule has 9 heavy (non-hydrogen) atoms. The van der Waals surface area contributed by atoms with E-state index >= 15 is 0 Å². The van der Waals surface area contributed by atoms with Gasteiger partial charge in [0.2, 0.25) is 0 Å². The molecule has 0 aromatic rings. The molecule has 2 atom stereocenters. The lowest BCUT2D eigenvalue weighted by molar-refractivity contribution is 0.147. The van der Waals surface area contributed by atoms with Gasteiger partial charge in [-0.1, -0.05) is 0 Å². The summed E-state index contributed by atoms with van der Waals surface area (Å²) in [5.74, 6) is 0.412. The molecule has 1 rings (SSSR count). The third kappa shape index (κ3) is 1.64. The second-order valence-corrected chi connectivity index (χ2v) is 2.54. The van der Waals surface area contributed by atoms with Gasteiger partial charge in [0.25, 0.3) is 0 Å². The fourth-order valence-corrected chi connectivity index (χ4v) is 1.19. The molecule has 0 aromatic carbocycles. The zero-order valence-corrected chi connectivity index (χ0v) is 5.72. The van der Waals surface area contributed by atoms with E-state index in [-0.39, 0.29) is 6.10 Å². The van der Waals surface area contributed by atoms with Crippen molar-refractivity contribution >= 4 is 0 Å². The van der Waals surface area contributed by atoms with Crippen LogP contribution in [-0.2, 0) is 0 Å². The fraction of sp³-hybridized carbons (Fsp3) is 1.00. The number of aliphatic hydroxyl groups excluding tert-OH is 1. The van der Waals surface area contributed by atoms with Gasteiger partial charge >= 0.3 is 0 Å². The van der Waals surface area contributed by atoms with Crippen molar-refractivity contribution in [2.75, 3.05) is 26.7 Å². The first-order valence-electron chi connectivity index (χ1n) is 3.38. The molecule has 0 bridgehead atoms. The predicted octanol–water partition coefficient (Wildman–Crippen LogP) is -1.21. The zero-order valence-electron chi connectivity index (χ0n) is 5.72. The highest BCUT2D eigenvalue weighted by molar-refractivity contribution is 4.81. The number of nitrogens with one attached hydrogen (secondary N) is 2. The Labute approximate surface area is 55.5 Å². The van der Waals surface area contributed by atoms with Gasteiger partial charge in [-0.3, -0.25) is 0 Å². The second kappa shape index (κ2) is 3.15. The highest BCUT2D eigenvalue weighted by atomic mass is 16.3. The Balaban J connectivity index is 2.22. The van der Waals surface area contributed by atoms with Gasteiger partial charge in [0, 0.05) is 25.6 Å². The molecule has 3 nitrogen and oxygen atoms in total.